The number of nitrogens with one attached hydrogen (secondary N) is 1. The number of nitrogens with zero attached hydrogens (tertiary/aromatic N) is 2. The summed E-state index contributed by atoms with van der Waals surface area (Å²) in [7, 11) is 0. The third-order valence-corrected chi connectivity index (χ3v) is 4.24. The zero-order valence-electron chi connectivity index (χ0n) is 13.2. The van der Waals surface area contributed by atoms with Gasteiger partial charge in [-0.25, -0.2) is 13.3 Å². The lowest BCUT2D eigenvalue weighted by molar-refractivity contribution is 0.0699. The van der Waals surface area contributed by atoms with Crippen molar-refractivity contribution in [3.63, 3.8) is 0 Å². The van der Waals surface area contributed by atoms with E-state index in [1.165, 1.54) is 6.20 Å². The van der Waals surface area contributed by atoms with E-state index in [9.17, 15) is 13.6 Å². The monoisotopic (exact) mass is 343 g/mol. The Kier molecular flexibility index (Phi) is 3.83. The van der Waals surface area contributed by atoms with Gasteiger partial charge in [0.15, 0.2) is 0 Å². The number of hydrogen-bond acceptors (Lipinski definition) is 3. The summed E-state index contributed by atoms with van der Waals surface area (Å²) < 4.78 is 33.5. The number of halogens is 2. The van der Waals surface area contributed by atoms with E-state index in [2.05, 4.69) is 10.4 Å². The van der Waals surface area contributed by atoms with Crippen molar-refractivity contribution in [2.24, 2.45) is 0 Å². The summed E-state index contributed by atoms with van der Waals surface area (Å²) in [5.41, 5.74) is 1.25. The maximum absolute atomic E-state index is 13.1. The fourth-order valence-electron chi connectivity index (χ4n) is 2.94. The third kappa shape index (κ3) is 3.17. The van der Waals surface area contributed by atoms with Crippen LogP contribution >= 0.6 is 0 Å². The van der Waals surface area contributed by atoms with Crippen LogP contribution in [0.4, 0.5) is 8.78 Å². The molecule has 25 heavy (non-hydrogen) atoms. The maximum Gasteiger partial charge on any atom is 0.255 e. The molecule has 1 aliphatic rings. The number of hydrogen-bond donors (Lipinski definition) is 1. The Labute approximate surface area is 142 Å². The fourth-order valence-corrected chi connectivity index (χ4v) is 2.94. The Morgan fingerprint density at radius 2 is 1.96 bits per heavy atom. The Morgan fingerprint density at radius 3 is 2.72 bits per heavy atom. The maximum atomic E-state index is 13.1. The van der Waals surface area contributed by atoms with Crippen molar-refractivity contribution in [3.05, 3.63) is 66.0 Å². The van der Waals surface area contributed by atoms with Crippen LogP contribution in [0.2, 0.25) is 0 Å². The van der Waals surface area contributed by atoms with Gasteiger partial charge < -0.3 is 10.1 Å². The van der Waals surface area contributed by atoms with Crippen molar-refractivity contribution < 1.29 is 18.3 Å². The average Bonchev–Trinajstić information content (AvgIpc) is 2.96. The van der Waals surface area contributed by atoms with Gasteiger partial charge in [-0.15, -0.1) is 0 Å². The van der Waals surface area contributed by atoms with Crippen LogP contribution < -0.4 is 10.1 Å². The normalized spacial score (nSPS) is 19.4. The summed E-state index contributed by atoms with van der Waals surface area (Å²) in [5.74, 6) is -1.38. The Hall–Kier alpha value is -2.96. The van der Waals surface area contributed by atoms with Gasteiger partial charge in [-0.3, -0.25) is 4.79 Å². The Morgan fingerprint density at radius 1 is 1.20 bits per heavy atom. The van der Waals surface area contributed by atoms with Crippen molar-refractivity contribution in [1.82, 2.24) is 14.9 Å². The molecular formula is C18H15F2N3O2. The van der Waals surface area contributed by atoms with Crippen LogP contribution in [-0.2, 0) is 0 Å². The topological polar surface area (TPSA) is 55.6 Å². The van der Waals surface area contributed by atoms with Crippen LogP contribution in [0.15, 0.2) is 48.8 Å². The highest BCUT2D eigenvalue weighted by Gasteiger charge is 2.32. The summed E-state index contributed by atoms with van der Waals surface area (Å²) in [4.78, 5) is 12.4. The summed E-state index contributed by atoms with van der Waals surface area (Å²) in [6, 6.07) is 8.57. The molecule has 0 aliphatic heterocycles. The number of amides is 1. The second-order valence-electron chi connectivity index (χ2n) is 6.08. The van der Waals surface area contributed by atoms with E-state index >= 15 is 0 Å². The highest BCUT2D eigenvalue weighted by Crippen LogP contribution is 2.27. The molecule has 0 atom stereocenters. The third-order valence-electron chi connectivity index (χ3n) is 4.24. The molecule has 0 unspecified atom stereocenters. The zero-order valence-corrected chi connectivity index (χ0v) is 13.2. The second-order valence-corrected chi connectivity index (χ2v) is 6.08. The molecule has 1 saturated carbocycles. The molecule has 1 amide bonds. The van der Waals surface area contributed by atoms with Crippen molar-refractivity contribution in [1.29, 1.82) is 0 Å². The minimum atomic E-state index is -0.674. The van der Waals surface area contributed by atoms with Gasteiger partial charge in [0.2, 0.25) is 0 Å². The number of benzene rings is 1. The lowest BCUT2D eigenvalue weighted by Gasteiger charge is -2.35. The van der Waals surface area contributed by atoms with E-state index in [1.54, 1.807) is 10.7 Å². The van der Waals surface area contributed by atoms with Crippen LogP contribution in [0, 0.1) is 11.6 Å². The quantitative estimate of drug-likeness (QED) is 0.792. The van der Waals surface area contributed by atoms with E-state index in [4.69, 9.17) is 4.74 Å². The molecular weight excluding hydrogens is 328 g/mol. The zero-order chi connectivity index (χ0) is 17.4. The molecule has 0 spiro atoms. The predicted molar refractivity (Wildman–Crippen MR) is 86.5 cm³/mol. The van der Waals surface area contributed by atoms with Gasteiger partial charge in [-0.05, 0) is 12.1 Å². The van der Waals surface area contributed by atoms with E-state index < -0.39 is 11.6 Å². The average molecular weight is 343 g/mol. The number of aromatic nitrogens is 2. The Bertz CT molecular complexity index is 915. The molecule has 5 nitrogen and oxygen atoms in total. The molecule has 0 bridgehead atoms. The van der Waals surface area contributed by atoms with Crippen LogP contribution in [0.1, 0.15) is 23.2 Å². The standard InChI is InChI=1S/C18H15F2N3O2/c19-11-5-12(20)7-14(6-11)25-15-8-13(9-15)22-18(24)16-10-21-23-4-2-1-3-17(16)23/h1-7,10,13,15H,8-9H2,(H,22,24). The first-order valence-corrected chi connectivity index (χ1v) is 7.94. The van der Waals surface area contributed by atoms with Crippen LogP contribution in [0.5, 0.6) is 5.75 Å². The van der Waals surface area contributed by atoms with Gasteiger partial charge in [-0.2, -0.15) is 5.10 Å². The summed E-state index contributed by atoms with van der Waals surface area (Å²) in [5, 5.41) is 7.07. The van der Waals surface area contributed by atoms with Crippen molar-refractivity contribution in [2.45, 2.75) is 25.0 Å². The highest BCUT2D eigenvalue weighted by molar-refractivity contribution is 6.00. The summed E-state index contributed by atoms with van der Waals surface area (Å²) >= 11 is 0. The molecule has 2 aromatic heterocycles. The molecule has 2 heterocycles. The largest absolute Gasteiger partial charge is 0.490 e. The van der Waals surface area contributed by atoms with Crippen molar-refractivity contribution in [3.8, 4) is 5.75 Å². The van der Waals surface area contributed by atoms with Crippen molar-refractivity contribution >= 4 is 11.4 Å². The molecule has 7 heteroatoms. The number of ether oxygens (including phenoxy) is 1. The lowest BCUT2D eigenvalue weighted by atomic mass is 9.89. The van der Waals surface area contributed by atoms with Gasteiger partial charge in [0.1, 0.15) is 23.5 Å². The first-order valence-electron chi connectivity index (χ1n) is 7.94. The van der Waals surface area contributed by atoms with E-state index in [0.29, 0.717) is 18.4 Å². The van der Waals surface area contributed by atoms with Crippen LogP contribution in [0.25, 0.3) is 5.52 Å². The minimum Gasteiger partial charge on any atom is -0.490 e. The molecule has 0 saturated heterocycles. The van der Waals surface area contributed by atoms with Crippen LogP contribution in [0.3, 0.4) is 0 Å². The first kappa shape index (κ1) is 15.6. The Balaban J connectivity index is 1.34. The minimum absolute atomic E-state index is 0.0328. The SMILES string of the molecule is O=C(NC1CC(Oc2cc(F)cc(F)c2)C1)c1cnn2ccccc12. The molecule has 1 aliphatic carbocycles. The molecule has 128 valence electrons. The number of rotatable bonds is 4. The second kappa shape index (κ2) is 6.16. The number of fused-ring (bicyclic) bond motifs is 1. The van der Waals surface area contributed by atoms with Gasteiger partial charge in [0.25, 0.3) is 5.91 Å². The number of carbonyl (C=O) groups is 1. The first-order chi connectivity index (χ1) is 12.1. The van der Waals surface area contributed by atoms with E-state index in [1.807, 2.05) is 18.2 Å². The van der Waals surface area contributed by atoms with Gasteiger partial charge >= 0.3 is 0 Å². The van der Waals surface area contributed by atoms with E-state index in [-0.39, 0.29) is 23.8 Å². The highest BCUT2D eigenvalue weighted by atomic mass is 19.1. The molecule has 1 fully saturated rings. The molecule has 4 rings (SSSR count). The van der Waals surface area contributed by atoms with Gasteiger partial charge in [-0.1, -0.05) is 6.07 Å². The van der Waals surface area contributed by atoms with E-state index in [0.717, 1.165) is 23.7 Å². The van der Waals surface area contributed by atoms with Crippen molar-refractivity contribution in [2.75, 3.05) is 0 Å². The van der Waals surface area contributed by atoms with Gasteiger partial charge in [0.05, 0.1) is 17.3 Å². The lowest BCUT2D eigenvalue weighted by Crippen LogP contribution is -2.49. The number of pyridine rings is 1. The fraction of sp³-hybridized carbons (Fsp3) is 0.222. The molecule has 0 radical (unpaired) electrons. The predicted octanol–water partition coefficient (Wildman–Crippen LogP) is 2.95. The van der Waals surface area contributed by atoms with Gasteiger partial charge in [0, 0.05) is 43.3 Å². The van der Waals surface area contributed by atoms with Crippen LogP contribution in [-0.4, -0.2) is 27.7 Å². The molecule has 1 N–H and O–H groups in total. The smallest absolute Gasteiger partial charge is 0.255 e. The molecule has 3 aromatic rings. The molecule has 1 aromatic carbocycles. The summed E-state index contributed by atoms with van der Waals surface area (Å²) in [6.07, 6.45) is 4.31. The summed E-state index contributed by atoms with van der Waals surface area (Å²) in [6.45, 7) is 0. The number of carbonyl (C=O) groups excluding carboxylic acids is 1.